The third-order valence-electron chi connectivity index (χ3n) is 7.63. The minimum atomic E-state index is -0.0898. The Labute approximate surface area is 188 Å². The molecule has 2 aliphatic rings. The first-order valence-corrected chi connectivity index (χ1v) is 12.5. The molecule has 0 saturated heterocycles. The van der Waals surface area contributed by atoms with Crippen molar-refractivity contribution in [1.82, 2.24) is 0 Å². The summed E-state index contributed by atoms with van der Waals surface area (Å²) in [6.07, 6.45) is 17.1. The normalized spacial score (nSPS) is 26.2. The van der Waals surface area contributed by atoms with Crippen LogP contribution in [0.25, 0.3) is 0 Å². The van der Waals surface area contributed by atoms with Gasteiger partial charge in [-0.1, -0.05) is 64.2 Å². The number of allylic oxidation sites excluding steroid dienone is 1. The van der Waals surface area contributed by atoms with E-state index in [2.05, 4.69) is 13.5 Å². The van der Waals surface area contributed by atoms with Crippen molar-refractivity contribution in [2.75, 3.05) is 0 Å². The van der Waals surface area contributed by atoms with E-state index >= 15 is 0 Å². The Hall–Kier alpha value is -1.90. The number of carbonyl (C=O) groups excluding carboxylic acids is 2. The van der Waals surface area contributed by atoms with Gasteiger partial charge in [0, 0.05) is 6.42 Å². The van der Waals surface area contributed by atoms with Gasteiger partial charge in [-0.05, 0) is 80.1 Å². The van der Waals surface area contributed by atoms with Gasteiger partial charge in [-0.3, -0.25) is 9.59 Å². The lowest BCUT2D eigenvalue weighted by Crippen LogP contribution is -2.30. The zero-order valence-electron chi connectivity index (χ0n) is 19.3. The van der Waals surface area contributed by atoms with Crippen molar-refractivity contribution >= 4 is 11.8 Å². The van der Waals surface area contributed by atoms with E-state index in [1.807, 2.05) is 12.1 Å². The summed E-state index contributed by atoms with van der Waals surface area (Å²) in [5, 5.41) is 0. The van der Waals surface area contributed by atoms with Gasteiger partial charge in [0.25, 0.3) is 0 Å². The van der Waals surface area contributed by atoms with E-state index in [0.29, 0.717) is 12.2 Å². The highest BCUT2D eigenvalue weighted by Gasteiger charge is 2.33. The number of hydrogen-bond acceptors (Lipinski definition) is 3. The van der Waals surface area contributed by atoms with Crippen LogP contribution in [-0.4, -0.2) is 11.8 Å². The predicted octanol–water partition coefficient (Wildman–Crippen LogP) is 7.08. The van der Waals surface area contributed by atoms with Crippen molar-refractivity contribution in [3.05, 3.63) is 42.5 Å². The van der Waals surface area contributed by atoms with Crippen molar-refractivity contribution in [3.8, 4) is 5.75 Å². The van der Waals surface area contributed by atoms with Crippen LogP contribution >= 0.6 is 0 Å². The predicted molar refractivity (Wildman–Crippen MR) is 126 cm³/mol. The highest BCUT2D eigenvalue weighted by Crippen LogP contribution is 2.42. The molecule has 170 valence electrons. The maximum absolute atomic E-state index is 12.6. The third kappa shape index (κ3) is 7.33. The van der Waals surface area contributed by atoms with Crippen molar-refractivity contribution in [2.24, 2.45) is 23.7 Å². The third-order valence-corrected chi connectivity index (χ3v) is 7.63. The fraction of sp³-hybridized carbons (Fsp3) is 0.643. The lowest BCUT2D eigenvalue weighted by atomic mass is 9.68. The Morgan fingerprint density at radius 3 is 2.13 bits per heavy atom. The van der Waals surface area contributed by atoms with Gasteiger partial charge in [0.1, 0.15) is 5.75 Å². The number of carbonyl (C=O) groups is 2. The fourth-order valence-corrected chi connectivity index (χ4v) is 5.61. The number of esters is 1. The monoisotopic (exact) mass is 424 g/mol. The van der Waals surface area contributed by atoms with E-state index in [9.17, 15) is 9.59 Å². The molecule has 0 aliphatic heterocycles. The first kappa shape index (κ1) is 23.8. The van der Waals surface area contributed by atoms with Crippen LogP contribution < -0.4 is 4.74 Å². The molecule has 1 aromatic carbocycles. The Kier molecular flexibility index (Phi) is 9.36. The topological polar surface area (TPSA) is 43.4 Å². The van der Waals surface area contributed by atoms with E-state index in [4.69, 9.17) is 4.74 Å². The molecule has 0 N–H and O–H groups in total. The molecule has 3 nitrogen and oxygen atoms in total. The first-order chi connectivity index (χ1) is 15.1. The van der Waals surface area contributed by atoms with Crippen molar-refractivity contribution in [1.29, 1.82) is 0 Å². The number of rotatable bonds is 10. The maximum atomic E-state index is 12.6. The fourth-order valence-electron chi connectivity index (χ4n) is 5.61. The summed E-state index contributed by atoms with van der Waals surface area (Å²) in [7, 11) is 0. The highest BCUT2D eigenvalue weighted by atomic mass is 16.5. The Morgan fingerprint density at radius 1 is 0.935 bits per heavy atom. The average Bonchev–Trinajstić information content (AvgIpc) is 2.81. The number of ketones is 1. The quantitative estimate of drug-likeness (QED) is 0.174. The largest absolute Gasteiger partial charge is 0.426 e. The Balaban J connectivity index is 1.38. The summed E-state index contributed by atoms with van der Waals surface area (Å²) in [6.45, 7) is 5.78. The van der Waals surface area contributed by atoms with Crippen molar-refractivity contribution in [3.63, 3.8) is 0 Å². The van der Waals surface area contributed by atoms with Crippen LogP contribution in [-0.2, 0) is 16.0 Å². The molecular weight excluding hydrogens is 384 g/mol. The summed E-state index contributed by atoms with van der Waals surface area (Å²) in [4.78, 5) is 24.1. The van der Waals surface area contributed by atoms with Gasteiger partial charge < -0.3 is 4.74 Å². The standard InChI is InChI=1S/C28H40O3/c1-3-5-6-7-21-8-12-23(13-9-21)24-14-16-25(17-15-24)28(30)31-27-18-10-22(11-19-27)20-26(29)4-2/h4,10-11,18-19,21,23-25H,2-3,5-9,12-17,20H2,1H3. The first-order valence-electron chi connectivity index (χ1n) is 12.5. The molecule has 2 aliphatic carbocycles. The Bertz CT molecular complexity index is 704. The number of unbranched alkanes of at least 4 members (excludes halogenated alkanes) is 2. The van der Waals surface area contributed by atoms with Crippen molar-refractivity contribution in [2.45, 2.75) is 90.4 Å². The molecule has 0 radical (unpaired) electrons. The van der Waals surface area contributed by atoms with Crippen LogP contribution in [0.3, 0.4) is 0 Å². The van der Waals surface area contributed by atoms with E-state index in [0.717, 1.165) is 36.2 Å². The summed E-state index contributed by atoms with van der Waals surface area (Å²) in [6, 6.07) is 7.27. The molecule has 2 fully saturated rings. The smallest absolute Gasteiger partial charge is 0.314 e. The molecule has 0 heterocycles. The average molecular weight is 425 g/mol. The number of ether oxygens (including phenoxy) is 1. The second-order valence-corrected chi connectivity index (χ2v) is 9.80. The molecule has 0 spiro atoms. The second kappa shape index (κ2) is 12.2. The molecule has 0 aromatic heterocycles. The van der Waals surface area contributed by atoms with E-state index in [1.165, 1.54) is 70.3 Å². The van der Waals surface area contributed by atoms with Crippen LogP contribution in [0.15, 0.2) is 36.9 Å². The van der Waals surface area contributed by atoms with Gasteiger partial charge in [-0.25, -0.2) is 0 Å². The Morgan fingerprint density at radius 2 is 1.55 bits per heavy atom. The van der Waals surface area contributed by atoms with Crippen LogP contribution in [0, 0.1) is 23.7 Å². The molecule has 0 bridgehead atoms. The molecule has 3 rings (SSSR count). The van der Waals surface area contributed by atoms with E-state index in [1.54, 1.807) is 12.1 Å². The zero-order chi connectivity index (χ0) is 22.1. The molecule has 2 saturated carbocycles. The summed E-state index contributed by atoms with van der Waals surface area (Å²) >= 11 is 0. The molecule has 1 aromatic rings. The van der Waals surface area contributed by atoms with E-state index < -0.39 is 0 Å². The number of hydrogen-bond donors (Lipinski definition) is 0. The molecule has 0 atom stereocenters. The van der Waals surface area contributed by atoms with Crippen molar-refractivity contribution < 1.29 is 14.3 Å². The van der Waals surface area contributed by atoms with Crippen LogP contribution in [0.1, 0.15) is 89.5 Å². The van der Waals surface area contributed by atoms with E-state index in [-0.39, 0.29) is 17.7 Å². The zero-order valence-corrected chi connectivity index (χ0v) is 19.3. The van der Waals surface area contributed by atoms with Gasteiger partial charge in [-0.2, -0.15) is 0 Å². The van der Waals surface area contributed by atoms with Crippen LogP contribution in [0.5, 0.6) is 5.75 Å². The molecule has 0 amide bonds. The highest BCUT2D eigenvalue weighted by molar-refractivity contribution is 5.90. The lowest BCUT2D eigenvalue weighted by molar-refractivity contribution is -0.140. The van der Waals surface area contributed by atoms with Gasteiger partial charge >= 0.3 is 5.97 Å². The van der Waals surface area contributed by atoms with Gasteiger partial charge in [0.15, 0.2) is 5.78 Å². The summed E-state index contributed by atoms with van der Waals surface area (Å²) < 4.78 is 5.64. The lowest BCUT2D eigenvalue weighted by Gasteiger charge is -2.37. The number of benzene rings is 1. The van der Waals surface area contributed by atoms with Gasteiger partial charge in [0.05, 0.1) is 5.92 Å². The minimum Gasteiger partial charge on any atom is -0.426 e. The van der Waals surface area contributed by atoms with Gasteiger partial charge in [0.2, 0.25) is 0 Å². The summed E-state index contributed by atoms with van der Waals surface area (Å²) in [5.41, 5.74) is 0.908. The minimum absolute atomic E-state index is 0.00788. The van der Waals surface area contributed by atoms with Gasteiger partial charge in [-0.15, -0.1) is 0 Å². The second-order valence-electron chi connectivity index (χ2n) is 9.80. The maximum Gasteiger partial charge on any atom is 0.314 e. The SMILES string of the molecule is C=CC(=O)Cc1ccc(OC(=O)C2CCC(C3CCC(CCCCC)CC3)CC2)cc1. The molecule has 3 heteroatoms. The van der Waals surface area contributed by atoms with Crippen LogP contribution in [0.2, 0.25) is 0 Å². The summed E-state index contributed by atoms with van der Waals surface area (Å²) in [5.74, 6) is 3.16. The molecule has 31 heavy (non-hydrogen) atoms. The molecular formula is C28H40O3. The molecule has 0 unspecified atom stereocenters. The van der Waals surface area contributed by atoms with Crippen LogP contribution in [0.4, 0.5) is 0 Å².